The summed E-state index contributed by atoms with van der Waals surface area (Å²) in [5.41, 5.74) is 1.53. The fraction of sp³-hybridized carbons (Fsp3) is 0.438. The van der Waals surface area contributed by atoms with Gasteiger partial charge >= 0.3 is 0 Å². The summed E-state index contributed by atoms with van der Waals surface area (Å²) in [4.78, 5) is 0. The maximum atomic E-state index is 15.2. The van der Waals surface area contributed by atoms with Crippen LogP contribution in [0.25, 0.3) is 16.7 Å². The number of hydrogen-bond donors (Lipinski definition) is 0. The molecule has 0 saturated carbocycles. The van der Waals surface area contributed by atoms with Crippen LogP contribution in [0.3, 0.4) is 0 Å². The highest BCUT2D eigenvalue weighted by atomic mass is 19.2. The number of allylic oxidation sites excluding steroid dienone is 6. The molecule has 2 aliphatic rings. The molecule has 204 valence electrons. The van der Waals surface area contributed by atoms with Gasteiger partial charge in [0.15, 0.2) is 23.8 Å². The Morgan fingerprint density at radius 2 is 1.55 bits per heavy atom. The van der Waals surface area contributed by atoms with Crippen molar-refractivity contribution >= 4 is 5.57 Å². The number of halogens is 4. The molecule has 0 amide bonds. The predicted molar refractivity (Wildman–Crippen MR) is 144 cm³/mol. The van der Waals surface area contributed by atoms with Crippen molar-refractivity contribution in [3.8, 4) is 11.1 Å². The van der Waals surface area contributed by atoms with E-state index in [0.717, 1.165) is 32.1 Å². The summed E-state index contributed by atoms with van der Waals surface area (Å²) in [6.45, 7) is 4.79. The first-order valence-electron chi connectivity index (χ1n) is 13.7. The summed E-state index contributed by atoms with van der Waals surface area (Å²) < 4.78 is 71.3. The quantitative estimate of drug-likeness (QED) is 0.174. The van der Waals surface area contributed by atoms with Gasteiger partial charge in [-0.15, -0.1) is 0 Å². The van der Waals surface area contributed by atoms with E-state index in [1.165, 1.54) is 0 Å². The third-order valence-corrected chi connectivity index (χ3v) is 7.36. The van der Waals surface area contributed by atoms with Gasteiger partial charge in [0.05, 0.1) is 13.2 Å². The molecule has 0 N–H and O–H groups in total. The highest BCUT2D eigenvalue weighted by Crippen LogP contribution is 2.42. The van der Waals surface area contributed by atoms with Gasteiger partial charge in [-0.05, 0) is 48.8 Å². The molecule has 2 aromatic rings. The van der Waals surface area contributed by atoms with Gasteiger partial charge in [0.25, 0.3) is 0 Å². The summed E-state index contributed by atoms with van der Waals surface area (Å²) in [6.07, 6.45) is 10.7. The zero-order chi connectivity index (χ0) is 27.1. The molecule has 2 nitrogen and oxygen atoms in total. The van der Waals surface area contributed by atoms with Crippen LogP contribution in [0.15, 0.2) is 66.3 Å². The first-order valence-corrected chi connectivity index (χ1v) is 13.7. The van der Waals surface area contributed by atoms with E-state index in [-0.39, 0.29) is 28.9 Å². The molecule has 0 spiro atoms. The SMILES string of the molecule is CC/C=C\Cc1ccc(-c2ccc(C3=CC[C@H](C4COC(CCCCC)OC4)C(F)=C3F)cc2)c(F)c1F. The molecule has 1 saturated heterocycles. The van der Waals surface area contributed by atoms with Crippen molar-refractivity contribution in [1.82, 2.24) is 0 Å². The summed E-state index contributed by atoms with van der Waals surface area (Å²) in [5.74, 6) is -4.33. The van der Waals surface area contributed by atoms with Crippen LogP contribution in [0.4, 0.5) is 17.6 Å². The molecule has 0 radical (unpaired) electrons. The highest BCUT2D eigenvalue weighted by molar-refractivity contribution is 5.80. The molecule has 1 heterocycles. The van der Waals surface area contributed by atoms with E-state index in [4.69, 9.17) is 9.47 Å². The van der Waals surface area contributed by atoms with Gasteiger partial charge in [0.2, 0.25) is 0 Å². The van der Waals surface area contributed by atoms with Crippen LogP contribution in [0, 0.1) is 23.5 Å². The minimum Gasteiger partial charge on any atom is -0.352 e. The minimum absolute atomic E-state index is 0.127. The van der Waals surface area contributed by atoms with Crippen molar-refractivity contribution in [2.45, 2.75) is 65.1 Å². The summed E-state index contributed by atoms with van der Waals surface area (Å²) in [5, 5.41) is 0. The first-order chi connectivity index (χ1) is 18.4. The fourth-order valence-electron chi connectivity index (χ4n) is 5.07. The van der Waals surface area contributed by atoms with E-state index in [0.29, 0.717) is 37.2 Å². The molecule has 6 heteroatoms. The molecule has 1 atom stereocenters. The van der Waals surface area contributed by atoms with Crippen molar-refractivity contribution in [1.29, 1.82) is 0 Å². The molecule has 4 rings (SSSR count). The van der Waals surface area contributed by atoms with Crippen LogP contribution < -0.4 is 0 Å². The van der Waals surface area contributed by atoms with Crippen molar-refractivity contribution in [2.75, 3.05) is 13.2 Å². The van der Waals surface area contributed by atoms with Crippen molar-refractivity contribution in [3.63, 3.8) is 0 Å². The predicted octanol–water partition coefficient (Wildman–Crippen LogP) is 9.26. The second-order valence-corrected chi connectivity index (χ2v) is 10.0. The molecule has 1 fully saturated rings. The summed E-state index contributed by atoms with van der Waals surface area (Å²) in [6, 6.07) is 9.55. The van der Waals surface area contributed by atoms with E-state index in [2.05, 4.69) is 6.92 Å². The number of rotatable bonds is 10. The average Bonchev–Trinajstić information content (AvgIpc) is 2.94. The zero-order valence-electron chi connectivity index (χ0n) is 22.1. The lowest BCUT2D eigenvalue weighted by atomic mass is 9.82. The van der Waals surface area contributed by atoms with Gasteiger partial charge in [0.1, 0.15) is 5.83 Å². The largest absolute Gasteiger partial charge is 0.352 e. The van der Waals surface area contributed by atoms with Gasteiger partial charge in [-0.1, -0.05) is 81.3 Å². The average molecular weight is 529 g/mol. The standard InChI is InChI=1S/C32H36F4O2/c1-3-5-7-9-23-15-16-25(30(34)29(23)33)21-11-13-22(14-12-21)26-17-18-27(32(36)31(26)35)24-19-37-28(38-20-24)10-8-6-4-2/h5,7,11-17,24,27-28H,3-4,6,8-10,18-20H2,1-2H3/b7-5-/t24?,27-,28?/m1/s1. The van der Waals surface area contributed by atoms with Crippen molar-refractivity contribution in [2.24, 2.45) is 11.8 Å². The van der Waals surface area contributed by atoms with Crippen LogP contribution in [0.5, 0.6) is 0 Å². The maximum Gasteiger partial charge on any atom is 0.166 e. The molecule has 1 aliphatic heterocycles. The van der Waals surface area contributed by atoms with Crippen molar-refractivity contribution < 1.29 is 27.0 Å². The monoisotopic (exact) mass is 528 g/mol. The Bertz CT molecular complexity index is 1170. The second kappa shape index (κ2) is 13.4. The lowest BCUT2D eigenvalue weighted by Crippen LogP contribution is -2.36. The molecule has 1 aliphatic carbocycles. The first kappa shape index (κ1) is 28.3. The van der Waals surface area contributed by atoms with Gasteiger partial charge in [-0.2, -0.15) is 0 Å². The Kier molecular flexibility index (Phi) is 9.97. The molecule has 0 unspecified atom stereocenters. The lowest BCUT2D eigenvalue weighted by Gasteiger charge is -2.34. The molecular formula is C32H36F4O2. The van der Waals surface area contributed by atoms with Gasteiger partial charge < -0.3 is 9.47 Å². The molecule has 2 aromatic carbocycles. The van der Waals surface area contributed by atoms with Crippen LogP contribution >= 0.6 is 0 Å². The van der Waals surface area contributed by atoms with Crippen LogP contribution in [0.1, 0.15) is 63.5 Å². The number of hydrogen-bond acceptors (Lipinski definition) is 2. The van der Waals surface area contributed by atoms with Crippen LogP contribution in [-0.2, 0) is 15.9 Å². The molecular weight excluding hydrogens is 492 g/mol. The number of benzene rings is 2. The summed E-state index contributed by atoms with van der Waals surface area (Å²) in [7, 11) is 0. The van der Waals surface area contributed by atoms with Gasteiger partial charge in [0, 0.05) is 23.0 Å². The zero-order valence-corrected chi connectivity index (χ0v) is 22.1. The summed E-state index contributed by atoms with van der Waals surface area (Å²) >= 11 is 0. The van der Waals surface area contributed by atoms with E-state index in [9.17, 15) is 8.78 Å². The Balaban J connectivity index is 1.42. The third-order valence-electron chi connectivity index (χ3n) is 7.36. The number of unbranched alkanes of at least 4 members (excludes halogenated alkanes) is 2. The van der Waals surface area contributed by atoms with Crippen molar-refractivity contribution in [3.05, 3.63) is 89.0 Å². The van der Waals surface area contributed by atoms with E-state index in [1.807, 2.05) is 19.1 Å². The second-order valence-electron chi connectivity index (χ2n) is 10.0. The van der Waals surface area contributed by atoms with E-state index in [1.54, 1.807) is 42.5 Å². The number of ether oxygens (including phenoxy) is 2. The highest BCUT2D eigenvalue weighted by Gasteiger charge is 2.35. The Labute approximate surface area is 223 Å². The van der Waals surface area contributed by atoms with E-state index < -0.39 is 29.2 Å². The molecule has 0 bridgehead atoms. The minimum atomic E-state index is -0.915. The van der Waals surface area contributed by atoms with Crippen LogP contribution in [-0.4, -0.2) is 19.5 Å². The fourth-order valence-corrected chi connectivity index (χ4v) is 5.07. The molecule has 38 heavy (non-hydrogen) atoms. The smallest absolute Gasteiger partial charge is 0.166 e. The normalized spacial score (nSPS) is 22.3. The third kappa shape index (κ3) is 6.47. The Hall–Kier alpha value is -2.70. The lowest BCUT2D eigenvalue weighted by molar-refractivity contribution is -0.209. The van der Waals surface area contributed by atoms with Gasteiger partial charge in [-0.3, -0.25) is 0 Å². The Morgan fingerprint density at radius 1 is 0.842 bits per heavy atom. The van der Waals surface area contributed by atoms with E-state index >= 15 is 8.78 Å². The topological polar surface area (TPSA) is 18.5 Å². The maximum absolute atomic E-state index is 15.2. The molecule has 0 aromatic heterocycles. The van der Waals surface area contributed by atoms with Gasteiger partial charge in [-0.25, -0.2) is 17.6 Å². The Morgan fingerprint density at radius 3 is 2.24 bits per heavy atom. The van der Waals surface area contributed by atoms with Crippen LogP contribution in [0.2, 0.25) is 0 Å².